The maximum Gasteiger partial charge on any atom is 0.322 e. The molecule has 0 fully saturated rings. The number of aromatic amines is 1. The van der Waals surface area contributed by atoms with Crippen LogP contribution in [0.2, 0.25) is 0 Å². The van der Waals surface area contributed by atoms with Crippen molar-refractivity contribution in [3.8, 4) is 0 Å². The topological polar surface area (TPSA) is 48.1 Å². The predicted octanol–water partition coefficient (Wildman–Crippen LogP) is 5.44. The van der Waals surface area contributed by atoms with Crippen molar-refractivity contribution in [1.29, 1.82) is 0 Å². The van der Waals surface area contributed by atoms with E-state index in [-0.39, 0.29) is 17.9 Å². The molecule has 28 heavy (non-hydrogen) atoms. The fourth-order valence-electron chi connectivity index (χ4n) is 3.93. The number of amides is 2. The summed E-state index contributed by atoms with van der Waals surface area (Å²) in [5.41, 5.74) is 4.80. The summed E-state index contributed by atoms with van der Waals surface area (Å²) in [5, 5.41) is 4.07. The van der Waals surface area contributed by atoms with Gasteiger partial charge in [0, 0.05) is 40.5 Å². The molecular formula is C23H18FN3O. The molecule has 2 N–H and O–H groups in total. The fraction of sp³-hybridized carbons (Fsp3) is 0.0870. The van der Waals surface area contributed by atoms with Crippen molar-refractivity contribution in [2.24, 2.45) is 0 Å². The van der Waals surface area contributed by atoms with Crippen LogP contribution in [0.1, 0.15) is 22.7 Å². The minimum atomic E-state index is -0.287. The molecule has 1 aliphatic heterocycles. The third-order valence-electron chi connectivity index (χ3n) is 5.25. The Morgan fingerprint density at radius 3 is 2.50 bits per heavy atom. The molecule has 138 valence electrons. The van der Waals surface area contributed by atoms with Crippen molar-refractivity contribution in [3.05, 3.63) is 102 Å². The van der Waals surface area contributed by atoms with Crippen LogP contribution in [0.4, 0.5) is 14.9 Å². The molecule has 1 aliphatic rings. The first-order valence-electron chi connectivity index (χ1n) is 9.18. The number of hydrogen-bond acceptors (Lipinski definition) is 1. The standard InChI is InChI=1S/C23H18FN3O/c24-16-11-9-15(10-12-16)14-27-22(18-6-2-4-8-21(18)26-23(27)28)19-13-25-20-7-3-1-5-17(19)20/h1-13,22,25H,14H2,(H,26,28)/t22-/m0/s1. The molecule has 5 heteroatoms. The average molecular weight is 371 g/mol. The molecule has 4 aromatic rings. The largest absolute Gasteiger partial charge is 0.361 e. The highest BCUT2D eigenvalue weighted by atomic mass is 19.1. The second-order valence-corrected chi connectivity index (χ2v) is 6.96. The van der Waals surface area contributed by atoms with E-state index in [1.54, 1.807) is 17.0 Å². The van der Waals surface area contributed by atoms with Crippen LogP contribution in [0.5, 0.6) is 0 Å². The lowest BCUT2D eigenvalue weighted by atomic mass is 9.93. The maximum atomic E-state index is 13.3. The summed E-state index contributed by atoms with van der Waals surface area (Å²) < 4.78 is 13.3. The van der Waals surface area contributed by atoms with Gasteiger partial charge >= 0.3 is 6.03 Å². The zero-order valence-electron chi connectivity index (χ0n) is 15.0. The summed E-state index contributed by atoms with van der Waals surface area (Å²) in [6.45, 7) is 0.380. The van der Waals surface area contributed by atoms with Gasteiger partial charge in [0.1, 0.15) is 5.82 Å². The van der Waals surface area contributed by atoms with E-state index >= 15 is 0 Å². The smallest absolute Gasteiger partial charge is 0.322 e. The third kappa shape index (κ3) is 2.72. The number of aromatic nitrogens is 1. The molecule has 1 atom stereocenters. The van der Waals surface area contributed by atoms with Crippen LogP contribution in [0, 0.1) is 5.82 Å². The summed E-state index contributed by atoms with van der Waals surface area (Å²) in [6, 6.07) is 21.8. The van der Waals surface area contributed by atoms with Gasteiger partial charge in [-0.15, -0.1) is 0 Å². The molecule has 0 unspecified atom stereocenters. The number of carbonyl (C=O) groups is 1. The number of nitrogens with one attached hydrogen (secondary N) is 2. The molecule has 2 heterocycles. The Bertz CT molecular complexity index is 1170. The van der Waals surface area contributed by atoms with Crippen LogP contribution in [0.3, 0.4) is 0 Å². The first-order valence-corrected chi connectivity index (χ1v) is 9.18. The van der Waals surface area contributed by atoms with Crippen LogP contribution < -0.4 is 5.32 Å². The number of halogens is 1. The summed E-state index contributed by atoms with van der Waals surface area (Å²) in [4.78, 5) is 18.1. The number of benzene rings is 3. The number of para-hydroxylation sites is 2. The first-order chi connectivity index (χ1) is 13.7. The number of carbonyl (C=O) groups excluding carboxylic acids is 1. The second-order valence-electron chi connectivity index (χ2n) is 6.96. The average Bonchev–Trinajstić information content (AvgIpc) is 3.14. The van der Waals surface area contributed by atoms with Gasteiger partial charge in [0.15, 0.2) is 0 Å². The lowest BCUT2D eigenvalue weighted by Crippen LogP contribution is -2.42. The van der Waals surface area contributed by atoms with Gasteiger partial charge in [0.25, 0.3) is 0 Å². The minimum absolute atomic E-state index is 0.168. The molecule has 2 amide bonds. The van der Waals surface area contributed by atoms with E-state index < -0.39 is 0 Å². The van der Waals surface area contributed by atoms with Crippen LogP contribution in [-0.2, 0) is 6.54 Å². The first kappa shape index (κ1) is 16.6. The molecule has 0 saturated carbocycles. The van der Waals surface area contributed by atoms with Gasteiger partial charge < -0.3 is 15.2 Å². The Morgan fingerprint density at radius 1 is 0.893 bits per heavy atom. The van der Waals surface area contributed by atoms with Gasteiger partial charge in [-0.3, -0.25) is 0 Å². The molecule has 0 bridgehead atoms. The van der Waals surface area contributed by atoms with Crippen LogP contribution in [0.25, 0.3) is 10.9 Å². The van der Waals surface area contributed by atoms with Crippen LogP contribution in [-0.4, -0.2) is 15.9 Å². The number of nitrogens with zero attached hydrogens (tertiary/aromatic N) is 1. The quantitative estimate of drug-likeness (QED) is 0.495. The van der Waals surface area contributed by atoms with Gasteiger partial charge in [-0.05, 0) is 29.8 Å². The summed E-state index contributed by atoms with van der Waals surface area (Å²) in [6.07, 6.45) is 1.97. The van der Waals surface area contributed by atoms with E-state index in [9.17, 15) is 9.18 Å². The fourth-order valence-corrected chi connectivity index (χ4v) is 3.93. The molecular weight excluding hydrogens is 353 g/mol. The van der Waals surface area contributed by atoms with Crippen molar-refractivity contribution in [2.45, 2.75) is 12.6 Å². The predicted molar refractivity (Wildman–Crippen MR) is 108 cm³/mol. The lowest BCUT2D eigenvalue weighted by molar-refractivity contribution is 0.192. The van der Waals surface area contributed by atoms with Crippen LogP contribution >= 0.6 is 0 Å². The van der Waals surface area contributed by atoms with E-state index in [2.05, 4.69) is 16.4 Å². The molecule has 0 saturated heterocycles. The second kappa shape index (κ2) is 6.53. The number of fused-ring (bicyclic) bond motifs is 2. The summed E-state index contributed by atoms with van der Waals surface area (Å²) in [7, 11) is 0. The van der Waals surface area contributed by atoms with E-state index in [1.807, 2.05) is 48.7 Å². The molecule has 0 spiro atoms. The van der Waals surface area contributed by atoms with E-state index in [4.69, 9.17) is 0 Å². The van der Waals surface area contributed by atoms with Gasteiger partial charge in [-0.2, -0.15) is 0 Å². The van der Waals surface area contributed by atoms with E-state index in [0.717, 1.165) is 33.3 Å². The lowest BCUT2D eigenvalue weighted by Gasteiger charge is -2.37. The Hall–Kier alpha value is -3.60. The van der Waals surface area contributed by atoms with Crippen molar-refractivity contribution < 1.29 is 9.18 Å². The van der Waals surface area contributed by atoms with E-state index in [0.29, 0.717) is 6.54 Å². The monoisotopic (exact) mass is 371 g/mol. The van der Waals surface area contributed by atoms with Gasteiger partial charge in [-0.25, -0.2) is 9.18 Å². The normalized spacial score (nSPS) is 16.1. The number of hydrogen-bond donors (Lipinski definition) is 2. The van der Waals surface area contributed by atoms with Crippen molar-refractivity contribution in [1.82, 2.24) is 9.88 Å². The zero-order valence-corrected chi connectivity index (χ0v) is 15.0. The zero-order chi connectivity index (χ0) is 19.1. The number of rotatable bonds is 3. The van der Waals surface area contributed by atoms with Crippen molar-refractivity contribution in [3.63, 3.8) is 0 Å². The highest BCUT2D eigenvalue weighted by Crippen LogP contribution is 2.40. The van der Waals surface area contributed by atoms with Gasteiger partial charge in [-0.1, -0.05) is 48.5 Å². The minimum Gasteiger partial charge on any atom is -0.361 e. The van der Waals surface area contributed by atoms with Crippen molar-refractivity contribution in [2.75, 3.05) is 5.32 Å². The van der Waals surface area contributed by atoms with Crippen molar-refractivity contribution >= 4 is 22.6 Å². The highest BCUT2D eigenvalue weighted by Gasteiger charge is 2.34. The number of H-pyrrole nitrogens is 1. The van der Waals surface area contributed by atoms with Gasteiger partial charge in [0.05, 0.1) is 6.04 Å². The number of anilines is 1. The molecule has 4 nitrogen and oxygen atoms in total. The molecule has 1 aromatic heterocycles. The molecule has 5 rings (SSSR count). The maximum absolute atomic E-state index is 13.3. The Labute approximate surface area is 161 Å². The van der Waals surface area contributed by atoms with Gasteiger partial charge in [0.2, 0.25) is 0 Å². The Morgan fingerprint density at radius 2 is 1.64 bits per heavy atom. The Kier molecular flexibility index (Phi) is 3.86. The van der Waals surface area contributed by atoms with Crippen LogP contribution in [0.15, 0.2) is 79.0 Å². The highest BCUT2D eigenvalue weighted by molar-refractivity contribution is 5.95. The molecule has 0 aliphatic carbocycles. The SMILES string of the molecule is O=C1Nc2ccccc2[C@@H](c2c[nH]c3ccccc23)N1Cc1ccc(F)cc1. The Balaban J connectivity index is 1.65. The number of urea groups is 1. The summed E-state index contributed by atoms with van der Waals surface area (Å²) >= 11 is 0. The molecule has 0 radical (unpaired) electrons. The summed E-state index contributed by atoms with van der Waals surface area (Å²) in [5.74, 6) is -0.287. The third-order valence-corrected chi connectivity index (χ3v) is 5.25. The molecule has 3 aromatic carbocycles. The van der Waals surface area contributed by atoms with E-state index in [1.165, 1.54) is 12.1 Å².